The molecule has 4 bridgehead atoms. The largest absolute Gasteiger partial charge is 0.457 e. The standard InChI is InChI=1S/C50H57F5N8O7/c1-8-39(64)60-18-15-30(24-60)46(66)59(6)41(27(2)3)45(65)57-36-21-29-19-31(22-32(20-29)44(51)52)37-13-14-38-43-34(42(61(38)25-50(53,54)55)33-11-9-16-56-40(33)28(4)69-7)23-49(5,63(37)43)26-70-48(68)35-12-10-17-62(58-35)47(36)67/h8-9,11,13-14,16,19-20,22,27-28,30,35-36,41,44,58H,1,10,12,15,17-18,21,23-26H2,2-7H3/p+1/t28-,30-,35-,36-,41-,49?/m0/s1. The van der Waals surface area contributed by atoms with Crippen molar-refractivity contribution >= 4 is 40.6 Å². The van der Waals surface area contributed by atoms with E-state index < -0.39 is 84.1 Å². The number of likely N-dealkylation sites (N-methyl/N-ethyl adjacent to an activating group) is 1. The lowest BCUT2D eigenvalue weighted by Gasteiger charge is -2.36. The van der Waals surface area contributed by atoms with Crippen LogP contribution in [-0.2, 0) is 58.4 Å². The highest BCUT2D eigenvalue weighted by atomic mass is 19.4. The number of ether oxygens (including phenoxy) is 2. The number of halogens is 5. The molecule has 0 spiro atoms. The molecule has 2 fully saturated rings. The Balaban J connectivity index is 1.27. The fourth-order valence-electron chi connectivity index (χ4n) is 10.8. The molecule has 0 radical (unpaired) electrons. The average molecular weight is 978 g/mol. The second kappa shape index (κ2) is 19.5. The normalized spacial score (nSPS) is 22.4. The van der Waals surface area contributed by atoms with E-state index in [9.17, 15) is 37.1 Å². The van der Waals surface area contributed by atoms with Crippen LogP contribution in [0.2, 0.25) is 0 Å². The zero-order valence-corrected chi connectivity index (χ0v) is 39.9. The van der Waals surface area contributed by atoms with E-state index in [4.69, 9.17) is 9.47 Å². The molecule has 2 saturated heterocycles. The Morgan fingerprint density at radius 1 is 1.11 bits per heavy atom. The Labute approximate surface area is 401 Å². The van der Waals surface area contributed by atoms with Crippen molar-refractivity contribution < 1.29 is 60.0 Å². The lowest BCUT2D eigenvalue weighted by atomic mass is 9.93. The number of fused-ring (bicyclic) bond motifs is 5. The first-order chi connectivity index (χ1) is 33.1. The number of hydrazine groups is 1. The molecular formula is C50H58F5N8O7+. The van der Waals surface area contributed by atoms with E-state index in [1.54, 1.807) is 56.5 Å². The van der Waals surface area contributed by atoms with Crippen molar-refractivity contribution in [3.05, 3.63) is 83.7 Å². The fraction of sp³-hybridized carbons (Fsp3) is 0.500. The molecule has 8 rings (SSSR count). The Hall–Kier alpha value is -6.28. The van der Waals surface area contributed by atoms with Crippen molar-refractivity contribution in [3.63, 3.8) is 0 Å². The molecule has 4 aliphatic rings. The number of hydrogen-bond donors (Lipinski definition) is 2. The van der Waals surface area contributed by atoms with Gasteiger partial charge in [-0.25, -0.2) is 14.2 Å². The van der Waals surface area contributed by atoms with Gasteiger partial charge in [0.25, 0.3) is 12.3 Å². The number of benzene rings is 1. The van der Waals surface area contributed by atoms with Gasteiger partial charge in [0.1, 0.15) is 30.2 Å². The van der Waals surface area contributed by atoms with Crippen LogP contribution < -0.4 is 15.3 Å². The van der Waals surface area contributed by atoms with Gasteiger partial charge in [-0.3, -0.25) is 34.0 Å². The van der Waals surface area contributed by atoms with E-state index in [-0.39, 0.29) is 73.1 Å². The highest BCUT2D eigenvalue weighted by Crippen LogP contribution is 2.45. The predicted molar refractivity (Wildman–Crippen MR) is 245 cm³/mol. The number of pyridine rings is 2. The number of cyclic esters (lactones) is 1. The first kappa shape index (κ1) is 50.1. The Morgan fingerprint density at radius 2 is 1.87 bits per heavy atom. The number of rotatable bonds is 11. The third-order valence-electron chi connectivity index (χ3n) is 14.1. The lowest BCUT2D eigenvalue weighted by Crippen LogP contribution is -2.62. The summed E-state index contributed by atoms with van der Waals surface area (Å²) in [5, 5.41) is 4.06. The molecule has 374 valence electrons. The van der Waals surface area contributed by atoms with Gasteiger partial charge in [0.15, 0.2) is 6.61 Å². The number of aromatic nitrogens is 3. The number of nitrogens with zero attached hydrogens (tertiary/aromatic N) is 6. The van der Waals surface area contributed by atoms with Crippen molar-refractivity contribution in [1.82, 2.24) is 35.1 Å². The minimum absolute atomic E-state index is 0.0573. The van der Waals surface area contributed by atoms with Crippen LogP contribution in [0.25, 0.3) is 33.5 Å². The molecule has 6 atom stereocenters. The topological polar surface area (TPSA) is 159 Å². The molecule has 4 amide bonds. The summed E-state index contributed by atoms with van der Waals surface area (Å²) in [4.78, 5) is 76.9. The maximum Gasteiger partial charge on any atom is 0.406 e. The summed E-state index contributed by atoms with van der Waals surface area (Å²) in [6, 6.07) is 6.99. The fourth-order valence-corrected chi connectivity index (χ4v) is 10.8. The summed E-state index contributed by atoms with van der Waals surface area (Å²) in [7, 11) is 2.95. The minimum atomic E-state index is -4.67. The molecule has 1 unspecified atom stereocenters. The molecular weight excluding hydrogens is 920 g/mol. The number of methoxy groups -OCH3 is 1. The number of carbonyl (C=O) groups is 5. The SMILES string of the molecule is C=CC(=O)N1CC[C@H](C(=O)N(C)[C@H](C(=O)N[C@H]2Cc3cc(cc(C(F)F)c3)-c3ccc4c5c(c(-c6cccnc6[C@H](C)OC)n4CC(F)(F)F)CC(C)(COC(=O)[C@@H]4CCCN(N4)C2=O)[n+]35)C(C)C)C1. The highest BCUT2D eigenvalue weighted by Gasteiger charge is 2.52. The molecule has 3 aromatic heterocycles. The van der Waals surface area contributed by atoms with E-state index in [2.05, 4.69) is 22.3 Å². The molecule has 70 heavy (non-hydrogen) atoms. The number of hydrogen-bond acceptors (Lipinski definition) is 9. The maximum atomic E-state index is 15.1. The van der Waals surface area contributed by atoms with Gasteiger partial charge in [0.05, 0.1) is 29.0 Å². The van der Waals surface area contributed by atoms with Crippen LogP contribution in [0.15, 0.2) is 61.3 Å². The molecule has 0 aliphatic carbocycles. The Morgan fingerprint density at radius 3 is 2.56 bits per heavy atom. The Kier molecular flexibility index (Phi) is 14.0. The van der Waals surface area contributed by atoms with Crippen LogP contribution in [0.1, 0.15) is 81.9 Å². The van der Waals surface area contributed by atoms with Crippen molar-refractivity contribution in [3.8, 4) is 22.5 Å². The third kappa shape index (κ3) is 9.51. The zero-order valence-electron chi connectivity index (χ0n) is 39.9. The van der Waals surface area contributed by atoms with Gasteiger partial charge in [-0.2, -0.15) is 17.7 Å². The predicted octanol–water partition coefficient (Wildman–Crippen LogP) is 5.73. The Bertz CT molecular complexity index is 2740. The molecule has 4 aromatic rings. The first-order valence-electron chi connectivity index (χ1n) is 23.4. The second-order valence-corrected chi connectivity index (χ2v) is 19.4. The van der Waals surface area contributed by atoms with Gasteiger partial charge < -0.3 is 29.2 Å². The van der Waals surface area contributed by atoms with E-state index in [0.29, 0.717) is 47.4 Å². The van der Waals surface area contributed by atoms with Crippen LogP contribution in [0.4, 0.5) is 22.0 Å². The van der Waals surface area contributed by atoms with Crippen molar-refractivity contribution in [1.29, 1.82) is 0 Å². The van der Waals surface area contributed by atoms with Gasteiger partial charge in [-0.05, 0) is 80.1 Å². The van der Waals surface area contributed by atoms with Gasteiger partial charge in [-0.1, -0.05) is 20.4 Å². The highest BCUT2D eigenvalue weighted by molar-refractivity contribution is 5.94. The maximum absolute atomic E-state index is 15.1. The number of nitrogens with one attached hydrogen (secondary N) is 2. The van der Waals surface area contributed by atoms with Crippen LogP contribution >= 0.6 is 0 Å². The van der Waals surface area contributed by atoms with Gasteiger partial charge in [0.2, 0.25) is 34.5 Å². The molecule has 0 saturated carbocycles. The molecule has 20 heteroatoms. The average Bonchev–Trinajstić information content (AvgIpc) is 4.02. The summed E-state index contributed by atoms with van der Waals surface area (Å²) >= 11 is 0. The van der Waals surface area contributed by atoms with Crippen LogP contribution in [0, 0.1) is 11.8 Å². The summed E-state index contributed by atoms with van der Waals surface area (Å²) in [6.45, 7) is 9.48. The van der Waals surface area contributed by atoms with Crippen LogP contribution in [0.5, 0.6) is 0 Å². The lowest BCUT2D eigenvalue weighted by molar-refractivity contribution is -0.723. The number of likely N-dealkylation sites (tertiary alicyclic amines) is 1. The van der Waals surface area contributed by atoms with Crippen LogP contribution in [-0.4, -0.2) is 119 Å². The third-order valence-corrected chi connectivity index (χ3v) is 14.1. The summed E-state index contributed by atoms with van der Waals surface area (Å²) in [5.74, 6) is -3.82. The molecule has 4 aliphatic heterocycles. The number of esters is 1. The monoisotopic (exact) mass is 977 g/mol. The van der Waals surface area contributed by atoms with Crippen molar-refractivity contribution in [2.75, 3.05) is 40.4 Å². The van der Waals surface area contributed by atoms with Crippen LogP contribution in [0.3, 0.4) is 0 Å². The smallest absolute Gasteiger partial charge is 0.406 e. The molecule has 7 heterocycles. The van der Waals surface area contributed by atoms with E-state index in [0.717, 1.165) is 0 Å². The quantitative estimate of drug-likeness (QED) is 0.0829. The minimum Gasteiger partial charge on any atom is -0.457 e. The summed E-state index contributed by atoms with van der Waals surface area (Å²) in [6.07, 6.45) is -4.85. The van der Waals surface area contributed by atoms with E-state index in [1.807, 2.05) is 0 Å². The molecule has 1 aromatic carbocycles. The van der Waals surface area contributed by atoms with Gasteiger partial charge in [0, 0.05) is 82.5 Å². The summed E-state index contributed by atoms with van der Waals surface area (Å²) in [5.41, 5.74) is 4.25. The zero-order chi connectivity index (χ0) is 50.6. The summed E-state index contributed by atoms with van der Waals surface area (Å²) < 4.78 is 88.9. The van der Waals surface area contributed by atoms with Gasteiger partial charge >= 0.3 is 12.1 Å². The van der Waals surface area contributed by atoms with E-state index in [1.165, 1.54) is 64.0 Å². The molecule has 15 nitrogen and oxygen atoms in total. The second-order valence-electron chi connectivity index (χ2n) is 19.4. The molecule has 2 N–H and O–H groups in total. The van der Waals surface area contributed by atoms with Crippen molar-refractivity contribution in [2.24, 2.45) is 11.8 Å². The number of alkyl halides is 5. The van der Waals surface area contributed by atoms with Crippen molar-refractivity contribution in [2.45, 2.75) is 109 Å². The number of amides is 4. The van der Waals surface area contributed by atoms with Gasteiger partial charge in [-0.15, -0.1) is 0 Å². The van der Waals surface area contributed by atoms with E-state index >= 15 is 8.78 Å². The number of carbonyl (C=O) groups excluding carboxylic acids is 5. The first-order valence-corrected chi connectivity index (χ1v) is 23.4.